The van der Waals surface area contributed by atoms with Crippen LogP contribution in [-0.4, -0.2) is 70.4 Å². The van der Waals surface area contributed by atoms with Gasteiger partial charge in [0.15, 0.2) is 0 Å². The third-order valence-corrected chi connectivity index (χ3v) is 7.72. The highest BCUT2D eigenvalue weighted by atomic mass is 19.4. The largest absolute Gasteiger partial charge is 0.489 e. The number of benzene rings is 1. The van der Waals surface area contributed by atoms with E-state index in [0.717, 1.165) is 18.0 Å². The summed E-state index contributed by atoms with van der Waals surface area (Å²) >= 11 is 0. The van der Waals surface area contributed by atoms with Crippen LogP contribution in [0.5, 0.6) is 5.75 Å². The first kappa shape index (κ1) is 31.9. The number of nitrogens with zero attached hydrogens (tertiary/aromatic N) is 7. The molecular weight excluding hydrogens is 608 g/mol. The Labute approximate surface area is 260 Å². The normalized spacial score (nSPS) is 17.0. The van der Waals surface area contributed by atoms with Crippen LogP contribution in [0.25, 0.3) is 0 Å². The summed E-state index contributed by atoms with van der Waals surface area (Å²) in [4.78, 5) is 37.9. The summed E-state index contributed by atoms with van der Waals surface area (Å²) in [6.07, 6.45) is 0.375. The molecule has 0 radical (unpaired) electrons. The van der Waals surface area contributed by atoms with Gasteiger partial charge in [0.2, 0.25) is 5.95 Å². The summed E-state index contributed by atoms with van der Waals surface area (Å²) in [6, 6.07) is 9.46. The van der Waals surface area contributed by atoms with Crippen LogP contribution in [0, 0.1) is 17.3 Å². The number of aliphatic imine (C=N–C) groups is 1. The number of ether oxygens (including phenoxy) is 1. The minimum absolute atomic E-state index is 0.0357. The molecule has 238 valence electrons. The Morgan fingerprint density at radius 3 is 2.61 bits per heavy atom. The molecule has 1 atom stereocenters. The van der Waals surface area contributed by atoms with E-state index in [1.54, 1.807) is 43.3 Å². The van der Waals surface area contributed by atoms with Gasteiger partial charge in [-0.3, -0.25) is 9.59 Å². The summed E-state index contributed by atoms with van der Waals surface area (Å²) in [5, 5.41) is 14.4. The number of nitriles is 1. The number of anilines is 1. The van der Waals surface area contributed by atoms with E-state index in [9.17, 15) is 27.2 Å². The summed E-state index contributed by atoms with van der Waals surface area (Å²) in [7, 11) is 0. The molecule has 1 aromatic carbocycles. The zero-order valence-corrected chi connectivity index (χ0v) is 24.6. The first-order valence-electron chi connectivity index (χ1n) is 14.1. The standard InChI is InChI=1S/C31H28F4N8O3/c1-19(14-36)7-8-26(37-2)41-9-11-42(12-10-41)30(45)23-13-21(15-38-28(23)32)46-18-25-22-6-4-3-5-20(22)17-43(25)24-16-39-40-29(44)27(24)31(33,34)35/h3-8,13,15-16,25H,2,9-12,17-18H2,1H3,(H,40,44)/b19-7+,26-8+. The first-order chi connectivity index (χ1) is 22.0. The van der Waals surface area contributed by atoms with Crippen LogP contribution in [-0.2, 0) is 12.7 Å². The van der Waals surface area contributed by atoms with Crippen molar-refractivity contribution in [3.63, 3.8) is 0 Å². The molecule has 1 saturated heterocycles. The number of alkyl halides is 3. The van der Waals surface area contributed by atoms with Crippen LogP contribution in [0.15, 0.2) is 76.1 Å². The zero-order valence-electron chi connectivity index (χ0n) is 24.6. The van der Waals surface area contributed by atoms with Crippen molar-refractivity contribution in [1.29, 1.82) is 5.26 Å². The number of carbonyl (C=O) groups excluding carboxylic acids is 1. The minimum Gasteiger partial charge on any atom is -0.489 e. The third kappa shape index (κ3) is 6.60. The summed E-state index contributed by atoms with van der Waals surface area (Å²) in [5.41, 5.74) is -1.57. The highest BCUT2D eigenvalue weighted by molar-refractivity contribution is 5.94. The summed E-state index contributed by atoms with van der Waals surface area (Å²) in [6.45, 7) is 6.34. The molecule has 2 aliphatic rings. The van der Waals surface area contributed by atoms with E-state index in [1.807, 2.05) is 16.1 Å². The van der Waals surface area contributed by atoms with Crippen molar-refractivity contribution < 1.29 is 27.1 Å². The number of fused-ring (bicyclic) bond motifs is 1. The van der Waals surface area contributed by atoms with Gasteiger partial charge in [-0.05, 0) is 43.0 Å². The van der Waals surface area contributed by atoms with Crippen LogP contribution in [0.4, 0.5) is 23.2 Å². The molecule has 5 rings (SSSR count). The van der Waals surface area contributed by atoms with Gasteiger partial charge in [-0.2, -0.15) is 27.9 Å². The van der Waals surface area contributed by atoms with Crippen molar-refractivity contribution in [2.75, 3.05) is 37.7 Å². The lowest BCUT2D eigenvalue weighted by atomic mass is 10.1. The second-order valence-electron chi connectivity index (χ2n) is 10.5. The van der Waals surface area contributed by atoms with Crippen LogP contribution in [0.2, 0.25) is 0 Å². The summed E-state index contributed by atoms with van der Waals surface area (Å²) in [5.74, 6) is -1.04. The number of nitrogens with one attached hydrogen (secondary N) is 1. The van der Waals surface area contributed by atoms with Gasteiger partial charge in [0.05, 0.1) is 35.8 Å². The van der Waals surface area contributed by atoms with Crippen molar-refractivity contribution in [2.45, 2.75) is 25.7 Å². The number of piperazine rings is 1. The molecular formula is C31H28F4N8O3. The second kappa shape index (κ2) is 13.2. The molecule has 1 unspecified atom stereocenters. The number of amides is 1. The number of pyridine rings is 1. The quantitative estimate of drug-likeness (QED) is 0.128. The van der Waals surface area contributed by atoms with E-state index < -0.39 is 40.9 Å². The fourth-order valence-electron chi connectivity index (χ4n) is 5.42. The lowest BCUT2D eigenvalue weighted by Gasteiger charge is -2.36. The molecule has 0 bridgehead atoms. The topological polar surface area (TPSA) is 131 Å². The van der Waals surface area contributed by atoms with Gasteiger partial charge in [0.1, 0.15) is 23.7 Å². The molecule has 1 N–H and O–H groups in total. The predicted molar refractivity (Wildman–Crippen MR) is 159 cm³/mol. The number of allylic oxidation sites excluding steroid dienone is 3. The Morgan fingerprint density at radius 1 is 1.20 bits per heavy atom. The van der Waals surface area contributed by atoms with Crippen LogP contribution in [0.1, 0.15) is 40.0 Å². The van der Waals surface area contributed by atoms with Gasteiger partial charge in [0.25, 0.3) is 11.5 Å². The van der Waals surface area contributed by atoms with Gasteiger partial charge in [-0.15, -0.1) is 0 Å². The second-order valence-corrected chi connectivity index (χ2v) is 10.5. The van der Waals surface area contributed by atoms with Gasteiger partial charge in [0, 0.05) is 38.3 Å². The van der Waals surface area contributed by atoms with Crippen molar-refractivity contribution >= 4 is 18.3 Å². The van der Waals surface area contributed by atoms with E-state index >= 15 is 0 Å². The van der Waals surface area contributed by atoms with E-state index in [-0.39, 0.29) is 37.6 Å². The smallest absolute Gasteiger partial charge is 0.423 e. The Morgan fingerprint density at radius 2 is 1.91 bits per heavy atom. The fraction of sp³-hybridized carbons (Fsp3) is 0.290. The van der Waals surface area contributed by atoms with E-state index in [0.29, 0.717) is 30.0 Å². The predicted octanol–water partition coefficient (Wildman–Crippen LogP) is 4.23. The molecule has 4 heterocycles. The number of aromatic nitrogens is 3. The molecule has 15 heteroatoms. The average Bonchev–Trinajstić information content (AvgIpc) is 3.42. The molecule has 0 spiro atoms. The van der Waals surface area contributed by atoms with Crippen molar-refractivity contribution in [1.82, 2.24) is 25.0 Å². The van der Waals surface area contributed by atoms with Gasteiger partial charge < -0.3 is 19.4 Å². The van der Waals surface area contributed by atoms with E-state index in [2.05, 4.69) is 21.8 Å². The lowest BCUT2D eigenvalue weighted by molar-refractivity contribution is -0.138. The van der Waals surface area contributed by atoms with Gasteiger partial charge in [-0.25, -0.2) is 15.1 Å². The number of H-pyrrole nitrogens is 1. The Balaban J connectivity index is 1.33. The zero-order chi connectivity index (χ0) is 33.0. The Kier molecular flexibility index (Phi) is 9.17. The monoisotopic (exact) mass is 636 g/mol. The maximum Gasteiger partial charge on any atom is 0.423 e. The number of aromatic amines is 1. The van der Waals surface area contributed by atoms with Crippen LogP contribution < -0.4 is 15.2 Å². The van der Waals surface area contributed by atoms with Crippen LogP contribution in [0.3, 0.4) is 0 Å². The lowest BCUT2D eigenvalue weighted by Crippen LogP contribution is -2.48. The number of halogens is 4. The molecule has 1 amide bonds. The molecule has 11 nitrogen and oxygen atoms in total. The Bertz CT molecular complexity index is 1810. The number of hydrogen-bond donors (Lipinski definition) is 1. The number of carbonyl (C=O) groups is 1. The third-order valence-electron chi connectivity index (χ3n) is 7.72. The molecule has 46 heavy (non-hydrogen) atoms. The van der Waals surface area contributed by atoms with Gasteiger partial charge in [-0.1, -0.05) is 24.3 Å². The first-order valence-corrected chi connectivity index (χ1v) is 14.1. The molecule has 3 aromatic rings. The molecule has 2 aliphatic heterocycles. The van der Waals surface area contributed by atoms with Gasteiger partial charge >= 0.3 is 6.18 Å². The number of hydrogen-bond acceptors (Lipinski definition) is 9. The average molecular weight is 637 g/mol. The molecule has 0 saturated carbocycles. The molecule has 1 fully saturated rings. The Hall–Kier alpha value is -5.52. The van der Waals surface area contributed by atoms with E-state index in [1.165, 1.54) is 15.9 Å². The van der Waals surface area contributed by atoms with Crippen molar-refractivity contribution in [3.05, 3.63) is 105 Å². The maximum atomic E-state index is 14.8. The summed E-state index contributed by atoms with van der Waals surface area (Å²) < 4.78 is 62.5. The minimum atomic E-state index is -4.94. The van der Waals surface area contributed by atoms with Crippen molar-refractivity contribution in [2.24, 2.45) is 4.99 Å². The van der Waals surface area contributed by atoms with Crippen molar-refractivity contribution in [3.8, 4) is 11.8 Å². The molecule has 2 aromatic heterocycles. The van der Waals surface area contributed by atoms with Crippen LogP contribution >= 0.6 is 0 Å². The SMILES string of the molecule is C=N/C(=C\C=C(/C)C#N)N1CCN(C(=O)c2cc(OCC3c4ccccc4CN3c3cn[nH]c(=O)c3C(F)(F)F)cnc2F)CC1. The number of rotatable bonds is 8. The highest BCUT2D eigenvalue weighted by Gasteiger charge is 2.42. The highest BCUT2D eigenvalue weighted by Crippen LogP contribution is 2.42. The van der Waals surface area contributed by atoms with E-state index in [4.69, 9.17) is 10.00 Å². The molecule has 0 aliphatic carbocycles. The maximum absolute atomic E-state index is 14.8. The fourth-order valence-corrected chi connectivity index (χ4v) is 5.42.